The molecule has 1 nitrogen and oxygen atoms in total. The molecule has 1 aliphatic rings. The van der Waals surface area contributed by atoms with Crippen LogP contribution in [0.15, 0.2) is 54.6 Å². The van der Waals surface area contributed by atoms with Crippen molar-refractivity contribution in [2.24, 2.45) is 0 Å². The molecule has 0 aromatic heterocycles. The minimum absolute atomic E-state index is 0. The second-order valence-electron chi connectivity index (χ2n) is 5.34. The molecule has 0 amide bonds. The zero-order valence-corrected chi connectivity index (χ0v) is 12.2. The van der Waals surface area contributed by atoms with Crippen molar-refractivity contribution in [3.8, 4) is 0 Å². The highest BCUT2D eigenvalue weighted by atomic mass is 15.0. The topological polar surface area (TPSA) is 3.24 Å². The average Bonchev–Trinajstić information content (AvgIpc) is 2.72. The Morgan fingerprint density at radius 2 is 1.50 bits per heavy atom. The molecule has 0 unspecified atom stereocenters. The van der Waals surface area contributed by atoms with E-state index in [1.165, 1.54) is 32.7 Å². The second-order valence-corrected chi connectivity index (χ2v) is 5.34. The Labute approximate surface area is 138 Å². The third kappa shape index (κ3) is 3.37. The van der Waals surface area contributed by atoms with Crippen molar-refractivity contribution in [1.29, 1.82) is 0 Å². The molecule has 0 N–H and O–H groups in total. The molecule has 0 radical (unpaired) electrons. The summed E-state index contributed by atoms with van der Waals surface area (Å²) >= 11 is 0. The SMILES string of the molecule is C.[2H]C([2H])([2H])N(C)CCC=C1c2ccccc2C=Cc2ccccc21. The summed E-state index contributed by atoms with van der Waals surface area (Å²) in [6.45, 7) is -1.54. The monoisotopic (exact) mass is 294 g/mol. The first kappa shape index (κ1) is 12.4. The Morgan fingerprint density at radius 1 is 0.955 bits per heavy atom. The van der Waals surface area contributed by atoms with E-state index in [1.54, 1.807) is 7.05 Å². The minimum atomic E-state index is -2.04. The molecule has 1 aliphatic carbocycles. The van der Waals surface area contributed by atoms with Crippen LogP contribution >= 0.6 is 0 Å². The van der Waals surface area contributed by atoms with Gasteiger partial charge in [-0.15, -0.1) is 0 Å². The molecule has 0 atom stereocenters. The molecule has 0 fully saturated rings. The van der Waals surface area contributed by atoms with E-state index >= 15 is 0 Å². The summed E-state index contributed by atoms with van der Waals surface area (Å²) < 4.78 is 22.4. The predicted molar refractivity (Wildman–Crippen MR) is 98.8 cm³/mol. The fourth-order valence-corrected chi connectivity index (χ4v) is 2.72. The molecule has 0 aliphatic heterocycles. The number of benzene rings is 2. The average molecular weight is 294 g/mol. The van der Waals surface area contributed by atoms with Crippen LogP contribution in [0.1, 0.15) is 40.2 Å². The van der Waals surface area contributed by atoms with Crippen LogP contribution in [0, 0.1) is 0 Å². The molecule has 0 bridgehead atoms. The smallest absolute Gasteiger partial charge is 0.0394 e. The third-order valence-electron chi connectivity index (χ3n) is 3.76. The van der Waals surface area contributed by atoms with Gasteiger partial charge in [-0.3, -0.25) is 0 Å². The third-order valence-corrected chi connectivity index (χ3v) is 3.76. The lowest BCUT2D eigenvalue weighted by Crippen LogP contribution is -2.12. The second kappa shape index (κ2) is 7.24. The van der Waals surface area contributed by atoms with Crippen molar-refractivity contribution in [3.63, 3.8) is 0 Å². The summed E-state index contributed by atoms with van der Waals surface area (Å²) in [6, 6.07) is 16.6. The minimum Gasteiger partial charge on any atom is -0.309 e. The summed E-state index contributed by atoms with van der Waals surface area (Å²) in [4.78, 5) is 1.41. The van der Waals surface area contributed by atoms with Gasteiger partial charge in [-0.1, -0.05) is 74.2 Å². The van der Waals surface area contributed by atoms with Gasteiger partial charge in [0.2, 0.25) is 0 Å². The maximum absolute atomic E-state index is 7.46. The first-order valence-corrected chi connectivity index (χ1v) is 7.25. The van der Waals surface area contributed by atoms with Gasteiger partial charge in [0.05, 0.1) is 0 Å². The summed E-state index contributed by atoms with van der Waals surface area (Å²) in [5.74, 6) is 0. The lowest BCUT2D eigenvalue weighted by molar-refractivity contribution is 0.417. The zero-order chi connectivity index (χ0) is 17.2. The normalized spacial score (nSPS) is 14.8. The van der Waals surface area contributed by atoms with Crippen molar-refractivity contribution in [3.05, 3.63) is 76.9 Å². The van der Waals surface area contributed by atoms with Crippen LogP contribution in [0.25, 0.3) is 17.7 Å². The van der Waals surface area contributed by atoms with Crippen LogP contribution in [0.3, 0.4) is 0 Å². The predicted octanol–water partition coefficient (Wildman–Crippen LogP) is 5.19. The van der Waals surface area contributed by atoms with Crippen molar-refractivity contribution in [1.82, 2.24) is 4.90 Å². The van der Waals surface area contributed by atoms with E-state index in [-0.39, 0.29) is 7.43 Å². The molecule has 22 heavy (non-hydrogen) atoms. The van der Waals surface area contributed by atoms with Crippen LogP contribution in [-0.2, 0) is 0 Å². The van der Waals surface area contributed by atoms with E-state index < -0.39 is 6.98 Å². The van der Waals surface area contributed by atoms with Gasteiger partial charge in [-0.2, -0.15) is 0 Å². The van der Waals surface area contributed by atoms with Gasteiger partial charge < -0.3 is 4.90 Å². The summed E-state index contributed by atoms with van der Waals surface area (Å²) in [5, 5.41) is 0. The summed E-state index contributed by atoms with van der Waals surface area (Å²) in [6.07, 6.45) is 7.13. The van der Waals surface area contributed by atoms with Gasteiger partial charge in [0.25, 0.3) is 0 Å². The van der Waals surface area contributed by atoms with Crippen molar-refractivity contribution in [2.45, 2.75) is 13.8 Å². The first-order valence-electron chi connectivity index (χ1n) is 8.75. The highest BCUT2D eigenvalue weighted by molar-refractivity contribution is 5.93. The van der Waals surface area contributed by atoms with Crippen molar-refractivity contribution >= 4 is 17.7 Å². The zero-order valence-electron chi connectivity index (χ0n) is 15.2. The van der Waals surface area contributed by atoms with E-state index in [9.17, 15) is 0 Å². The Bertz CT molecular complexity index is 736. The van der Waals surface area contributed by atoms with E-state index in [0.717, 1.165) is 0 Å². The number of fused-ring (bicyclic) bond motifs is 2. The Balaban J connectivity index is 0.00000225. The fourth-order valence-electron chi connectivity index (χ4n) is 2.72. The quantitative estimate of drug-likeness (QED) is 0.642. The molecule has 0 saturated heterocycles. The van der Waals surface area contributed by atoms with E-state index in [2.05, 4.69) is 42.5 Å². The van der Waals surface area contributed by atoms with Crippen LogP contribution in [-0.4, -0.2) is 25.5 Å². The molecule has 0 heterocycles. The van der Waals surface area contributed by atoms with E-state index in [4.69, 9.17) is 4.11 Å². The number of hydrogen-bond acceptors (Lipinski definition) is 1. The fraction of sp³-hybridized carbons (Fsp3) is 0.238. The van der Waals surface area contributed by atoms with Gasteiger partial charge in [-0.25, -0.2) is 0 Å². The standard InChI is InChI=1S/C20H21N.CH4/c1-21(2)15-7-12-20-18-10-5-3-8-16(18)13-14-17-9-4-6-11-19(17)20;/h3-6,8-14H,7,15H2,1-2H3;1H4/i1D3;. The number of nitrogens with zero attached hydrogens (tertiary/aromatic N) is 1. The maximum Gasteiger partial charge on any atom is 0.0394 e. The van der Waals surface area contributed by atoms with Gasteiger partial charge in [0.1, 0.15) is 0 Å². The van der Waals surface area contributed by atoms with Crippen LogP contribution in [0.5, 0.6) is 0 Å². The molecular formula is C21H25N. The number of rotatable bonds is 3. The molecule has 1 heteroatoms. The van der Waals surface area contributed by atoms with Gasteiger partial charge in [-0.05, 0) is 48.3 Å². The molecule has 2 aromatic carbocycles. The Morgan fingerprint density at radius 3 is 2.05 bits per heavy atom. The Hall–Kier alpha value is -2.12. The molecule has 114 valence electrons. The lowest BCUT2D eigenvalue weighted by Gasteiger charge is -2.13. The maximum atomic E-state index is 7.46. The van der Waals surface area contributed by atoms with Gasteiger partial charge in [0.15, 0.2) is 0 Å². The van der Waals surface area contributed by atoms with Crippen LogP contribution in [0.2, 0.25) is 0 Å². The summed E-state index contributed by atoms with van der Waals surface area (Å²) in [5.41, 5.74) is 5.92. The van der Waals surface area contributed by atoms with Gasteiger partial charge >= 0.3 is 0 Å². The highest BCUT2D eigenvalue weighted by Crippen LogP contribution is 2.33. The Kier molecular flexibility index (Phi) is 4.09. The highest BCUT2D eigenvalue weighted by Gasteiger charge is 2.13. The molecular weight excluding hydrogens is 266 g/mol. The van der Waals surface area contributed by atoms with Gasteiger partial charge in [0, 0.05) is 10.7 Å². The largest absolute Gasteiger partial charge is 0.309 e. The van der Waals surface area contributed by atoms with Crippen molar-refractivity contribution < 1.29 is 4.11 Å². The molecule has 2 aromatic rings. The van der Waals surface area contributed by atoms with E-state index in [0.29, 0.717) is 13.0 Å². The number of hydrogen-bond donors (Lipinski definition) is 0. The van der Waals surface area contributed by atoms with Crippen LogP contribution in [0.4, 0.5) is 0 Å². The van der Waals surface area contributed by atoms with Crippen molar-refractivity contribution in [2.75, 3.05) is 20.6 Å². The van der Waals surface area contributed by atoms with Crippen LogP contribution < -0.4 is 0 Å². The summed E-state index contributed by atoms with van der Waals surface area (Å²) in [7, 11) is 1.64. The van der Waals surface area contributed by atoms with E-state index in [1.807, 2.05) is 24.3 Å². The molecule has 0 saturated carbocycles. The lowest BCUT2D eigenvalue weighted by atomic mass is 9.93. The first-order chi connectivity index (χ1) is 11.5. The molecule has 0 spiro atoms. The molecule has 3 rings (SSSR count).